The molecule has 1 aromatic carbocycles. The second-order valence-electron chi connectivity index (χ2n) is 10.3. The molecule has 0 saturated carbocycles. The molecule has 1 aromatic heterocycles. The average molecular weight is 450 g/mol. The number of carbonyl (C=O) groups excluding carboxylic acids is 2. The molecule has 2 fully saturated rings. The molecule has 3 aliphatic rings. The number of nitrogens with one attached hydrogen (secondary N) is 1. The van der Waals surface area contributed by atoms with E-state index in [1.807, 2.05) is 36.1 Å². The number of hydrogen-bond donors (Lipinski definition) is 1. The van der Waals surface area contributed by atoms with Crippen LogP contribution in [0, 0.1) is 11.8 Å². The molecule has 2 amide bonds. The molecule has 2 saturated heterocycles. The van der Waals surface area contributed by atoms with Gasteiger partial charge in [0.15, 0.2) is 0 Å². The highest BCUT2D eigenvalue weighted by Crippen LogP contribution is 2.42. The fraction of sp³-hybridized carbons (Fsp3) is 0.577. The molecule has 176 valence electrons. The van der Waals surface area contributed by atoms with Gasteiger partial charge in [-0.25, -0.2) is 0 Å². The number of carbonyl (C=O) groups is 2. The standard InChI is InChI=1S/C26H35N5O2/c1-17(2)31-13-10-20(22(16-31)19-14-27-29(3)15-19)26(33)30-11-8-18(9-12-30)24-21-6-4-5-7-23(21)28-25(24)32/h4-7,14-15,17-18,20,22,24H,8-13,16H2,1-3H3,(H,28,32). The van der Waals surface area contributed by atoms with Gasteiger partial charge in [0.25, 0.3) is 0 Å². The van der Waals surface area contributed by atoms with Crippen LogP contribution in [0.15, 0.2) is 36.7 Å². The van der Waals surface area contributed by atoms with E-state index in [4.69, 9.17) is 0 Å². The minimum atomic E-state index is -0.0872. The number of anilines is 1. The van der Waals surface area contributed by atoms with Crippen LogP contribution in [0.4, 0.5) is 5.69 Å². The van der Waals surface area contributed by atoms with E-state index in [0.29, 0.717) is 6.04 Å². The third-order valence-electron chi connectivity index (χ3n) is 8.00. The summed E-state index contributed by atoms with van der Waals surface area (Å²) in [6.07, 6.45) is 6.63. The van der Waals surface area contributed by atoms with Crippen LogP contribution in [0.5, 0.6) is 0 Å². The molecule has 3 unspecified atom stereocenters. The summed E-state index contributed by atoms with van der Waals surface area (Å²) in [7, 11) is 1.94. The predicted octanol–water partition coefficient (Wildman–Crippen LogP) is 3.21. The Morgan fingerprint density at radius 3 is 2.58 bits per heavy atom. The van der Waals surface area contributed by atoms with Gasteiger partial charge in [0.05, 0.1) is 12.1 Å². The lowest BCUT2D eigenvalue weighted by Crippen LogP contribution is -2.50. The third kappa shape index (κ3) is 4.19. The summed E-state index contributed by atoms with van der Waals surface area (Å²) < 4.78 is 1.83. The highest BCUT2D eigenvalue weighted by Gasteiger charge is 2.42. The first-order chi connectivity index (χ1) is 15.9. The van der Waals surface area contributed by atoms with Gasteiger partial charge in [-0.3, -0.25) is 14.3 Å². The molecule has 4 heterocycles. The lowest BCUT2D eigenvalue weighted by molar-refractivity contribution is -0.139. The van der Waals surface area contributed by atoms with E-state index in [1.54, 1.807) is 0 Å². The normalized spacial score (nSPS) is 26.5. The number of benzene rings is 1. The number of aryl methyl sites for hydroxylation is 1. The molecule has 5 rings (SSSR count). The van der Waals surface area contributed by atoms with Gasteiger partial charge in [-0.15, -0.1) is 0 Å². The first-order valence-electron chi connectivity index (χ1n) is 12.3. The maximum absolute atomic E-state index is 13.7. The zero-order valence-corrected chi connectivity index (χ0v) is 19.9. The molecule has 33 heavy (non-hydrogen) atoms. The topological polar surface area (TPSA) is 70.5 Å². The van der Waals surface area contributed by atoms with Crippen LogP contribution in [-0.4, -0.2) is 63.6 Å². The predicted molar refractivity (Wildman–Crippen MR) is 128 cm³/mol. The maximum Gasteiger partial charge on any atom is 0.232 e. The number of hydrogen-bond acceptors (Lipinski definition) is 4. The van der Waals surface area contributed by atoms with Gasteiger partial charge in [-0.1, -0.05) is 18.2 Å². The van der Waals surface area contributed by atoms with Crippen molar-refractivity contribution in [1.82, 2.24) is 19.6 Å². The fourth-order valence-corrected chi connectivity index (χ4v) is 6.10. The number of nitrogens with zero attached hydrogens (tertiary/aromatic N) is 4. The average Bonchev–Trinajstić information content (AvgIpc) is 3.40. The molecule has 0 bridgehead atoms. The molecule has 3 atom stereocenters. The van der Waals surface area contributed by atoms with E-state index < -0.39 is 0 Å². The van der Waals surface area contributed by atoms with Crippen LogP contribution in [0.1, 0.15) is 56.1 Å². The summed E-state index contributed by atoms with van der Waals surface area (Å²) in [4.78, 5) is 30.9. The molecule has 1 N–H and O–H groups in total. The molecule has 0 aliphatic carbocycles. The first-order valence-corrected chi connectivity index (χ1v) is 12.3. The lowest BCUT2D eigenvalue weighted by atomic mass is 9.78. The van der Waals surface area contributed by atoms with Gasteiger partial charge in [0, 0.05) is 56.4 Å². The van der Waals surface area contributed by atoms with Gasteiger partial charge in [-0.2, -0.15) is 5.10 Å². The van der Waals surface area contributed by atoms with Crippen LogP contribution in [-0.2, 0) is 16.6 Å². The molecule has 7 heteroatoms. The molecular weight excluding hydrogens is 414 g/mol. The van der Waals surface area contributed by atoms with E-state index in [1.165, 1.54) is 0 Å². The molecule has 7 nitrogen and oxygen atoms in total. The first kappa shape index (κ1) is 22.1. The molecular formula is C26H35N5O2. The van der Waals surface area contributed by atoms with Crippen LogP contribution >= 0.6 is 0 Å². The summed E-state index contributed by atoms with van der Waals surface area (Å²) in [5.41, 5.74) is 3.22. The monoisotopic (exact) mass is 449 g/mol. The lowest BCUT2D eigenvalue weighted by Gasteiger charge is -2.42. The van der Waals surface area contributed by atoms with Gasteiger partial charge < -0.3 is 15.1 Å². The Hall–Kier alpha value is -2.67. The van der Waals surface area contributed by atoms with Gasteiger partial charge in [0.1, 0.15) is 0 Å². The van der Waals surface area contributed by atoms with Crippen molar-refractivity contribution in [3.05, 3.63) is 47.8 Å². The number of rotatable bonds is 4. The summed E-state index contributed by atoms with van der Waals surface area (Å²) in [5, 5.41) is 7.42. The zero-order chi connectivity index (χ0) is 23.1. The van der Waals surface area contributed by atoms with Crippen molar-refractivity contribution in [3.8, 4) is 0 Å². The largest absolute Gasteiger partial charge is 0.342 e. The highest BCUT2D eigenvalue weighted by molar-refractivity contribution is 6.03. The van der Waals surface area contributed by atoms with Gasteiger partial charge in [0.2, 0.25) is 11.8 Å². The Labute approximate surface area is 196 Å². The van der Waals surface area contributed by atoms with Crippen molar-refractivity contribution in [2.45, 2.75) is 51.0 Å². The number of likely N-dealkylation sites (tertiary alicyclic amines) is 2. The Morgan fingerprint density at radius 1 is 1.12 bits per heavy atom. The summed E-state index contributed by atoms with van der Waals surface area (Å²) >= 11 is 0. The second kappa shape index (κ2) is 8.93. The number of amides is 2. The Balaban J connectivity index is 1.27. The van der Waals surface area contributed by atoms with Crippen molar-refractivity contribution in [2.24, 2.45) is 18.9 Å². The number of para-hydroxylation sites is 1. The Morgan fingerprint density at radius 2 is 1.88 bits per heavy atom. The smallest absolute Gasteiger partial charge is 0.232 e. The van der Waals surface area contributed by atoms with Crippen molar-refractivity contribution in [2.75, 3.05) is 31.5 Å². The van der Waals surface area contributed by atoms with Crippen LogP contribution in [0.3, 0.4) is 0 Å². The minimum Gasteiger partial charge on any atom is -0.342 e. The number of piperidine rings is 2. The third-order valence-corrected chi connectivity index (χ3v) is 8.00. The van der Waals surface area contributed by atoms with Crippen molar-refractivity contribution >= 4 is 17.5 Å². The van der Waals surface area contributed by atoms with Crippen molar-refractivity contribution < 1.29 is 9.59 Å². The number of aromatic nitrogens is 2. The summed E-state index contributed by atoms with van der Waals surface area (Å²) in [6.45, 7) is 7.78. The van der Waals surface area contributed by atoms with Crippen LogP contribution in [0.2, 0.25) is 0 Å². The van der Waals surface area contributed by atoms with E-state index in [2.05, 4.69) is 46.3 Å². The quantitative estimate of drug-likeness (QED) is 0.778. The highest BCUT2D eigenvalue weighted by atomic mass is 16.2. The summed E-state index contributed by atoms with van der Waals surface area (Å²) in [5.74, 6) is 0.759. The SMILES string of the molecule is CC(C)N1CCC(C(=O)N2CCC(C3C(=O)Nc4ccccc43)CC2)C(c2cnn(C)c2)C1. The van der Waals surface area contributed by atoms with E-state index >= 15 is 0 Å². The van der Waals surface area contributed by atoms with E-state index in [-0.39, 0.29) is 35.5 Å². The molecule has 2 aromatic rings. The number of fused-ring (bicyclic) bond motifs is 1. The van der Waals surface area contributed by atoms with Gasteiger partial charge >= 0.3 is 0 Å². The molecule has 0 radical (unpaired) electrons. The van der Waals surface area contributed by atoms with Crippen LogP contribution < -0.4 is 5.32 Å². The van der Waals surface area contributed by atoms with Gasteiger partial charge in [-0.05, 0) is 62.8 Å². The Kier molecular flexibility index (Phi) is 5.99. The van der Waals surface area contributed by atoms with Crippen LogP contribution in [0.25, 0.3) is 0 Å². The maximum atomic E-state index is 13.7. The second-order valence-corrected chi connectivity index (χ2v) is 10.3. The van der Waals surface area contributed by atoms with Crippen molar-refractivity contribution in [3.63, 3.8) is 0 Å². The molecule has 3 aliphatic heterocycles. The molecule has 0 spiro atoms. The minimum absolute atomic E-state index is 0.00347. The van der Waals surface area contributed by atoms with Crippen molar-refractivity contribution in [1.29, 1.82) is 0 Å². The zero-order valence-electron chi connectivity index (χ0n) is 19.9. The fourth-order valence-electron chi connectivity index (χ4n) is 6.10. The Bertz CT molecular complexity index is 1020. The van der Waals surface area contributed by atoms with E-state index in [9.17, 15) is 9.59 Å². The van der Waals surface area contributed by atoms with E-state index in [0.717, 1.165) is 62.3 Å². The summed E-state index contributed by atoms with van der Waals surface area (Å²) in [6, 6.07) is 8.49.